The van der Waals surface area contributed by atoms with Gasteiger partial charge in [-0.05, 0) is 12.5 Å². The Balaban J connectivity index is 2.52. The molecule has 0 amide bonds. The van der Waals surface area contributed by atoms with Crippen LogP contribution in [0.3, 0.4) is 0 Å². The summed E-state index contributed by atoms with van der Waals surface area (Å²) in [6.45, 7) is 2.08. The van der Waals surface area contributed by atoms with Crippen molar-refractivity contribution in [3.05, 3.63) is 23.9 Å². The predicted molar refractivity (Wildman–Crippen MR) is 59.0 cm³/mol. The van der Waals surface area contributed by atoms with E-state index < -0.39 is 0 Å². The second-order valence-corrected chi connectivity index (χ2v) is 3.49. The number of pyridine rings is 1. The molecule has 0 N–H and O–H groups in total. The minimum atomic E-state index is 0.248. The number of unbranched alkanes of at least 4 members (excludes halogenated alkanes) is 1. The van der Waals surface area contributed by atoms with E-state index in [0.29, 0.717) is 18.7 Å². The highest BCUT2D eigenvalue weighted by atomic mass is 16.5. The molecule has 0 bridgehead atoms. The molecule has 1 aromatic heterocycles. The zero-order valence-electron chi connectivity index (χ0n) is 9.32. The Hall–Kier alpha value is -1.38. The molecule has 0 radical (unpaired) electrons. The first kappa shape index (κ1) is 11.7. The van der Waals surface area contributed by atoms with Gasteiger partial charge in [-0.2, -0.15) is 0 Å². The number of ether oxygens (including phenoxy) is 1. The monoisotopic (exact) mass is 207 g/mol. The summed E-state index contributed by atoms with van der Waals surface area (Å²) in [7, 11) is 1.57. The molecular formula is C12H17NO2. The van der Waals surface area contributed by atoms with Crippen molar-refractivity contribution in [2.45, 2.75) is 32.6 Å². The van der Waals surface area contributed by atoms with Gasteiger partial charge in [0.15, 0.2) is 0 Å². The molecule has 0 spiro atoms. The summed E-state index contributed by atoms with van der Waals surface area (Å²) < 4.78 is 5.00. The van der Waals surface area contributed by atoms with Crippen molar-refractivity contribution in [1.29, 1.82) is 0 Å². The molecule has 1 rings (SSSR count). The van der Waals surface area contributed by atoms with E-state index in [0.717, 1.165) is 18.5 Å². The molecule has 0 aliphatic heterocycles. The zero-order chi connectivity index (χ0) is 11.1. The van der Waals surface area contributed by atoms with Crippen LogP contribution in [0.1, 0.15) is 31.9 Å². The topological polar surface area (TPSA) is 39.2 Å². The van der Waals surface area contributed by atoms with Gasteiger partial charge in [0.05, 0.1) is 12.8 Å². The Morgan fingerprint density at radius 1 is 1.47 bits per heavy atom. The summed E-state index contributed by atoms with van der Waals surface area (Å²) in [6.07, 6.45) is 3.08. The fourth-order valence-corrected chi connectivity index (χ4v) is 1.33. The van der Waals surface area contributed by atoms with Gasteiger partial charge in [-0.1, -0.05) is 19.4 Å². The fraction of sp³-hybridized carbons (Fsp3) is 0.500. The predicted octanol–water partition coefficient (Wildman–Crippen LogP) is 2.39. The molecule has 0 atom stereocenters. The van der Waals surface area contributed by atoms with Crippen molar-refractivity contribution in [1.82, 2.24) is 4.98 Å². The van der Waals surface area contributed by atoms with Crippen LogP contribution in [-0.4, -0.2) is 17.9 Å². The molecule has 1 heterocycles. The second kappa shape index (κ2) is 6.17. The number of hydrogen-bond donors (Lipinski definition) is 0. The van der Waals surface area contributed by atoms with Crippen molar-refractivity contribution < 1.29 is 9.53 Å². The van der Waals surface area contributed by atoms with Gasteiger partial charge in [0, 0.05) is 18.9 Å². The van der Waals surface area contributed by atoms with E-state index in [-0.39, 0.29) is 5.78 Å². The van der Waals surface area contributed by atoms with Crippen LogP contribution in [0, 0.1) is 0 Å². The van der Waals surface area contributed by atoms with Gasteiger partial charge < -0.3 is 4.74 Å². The van der Waals surface area contributed by atoms with Crippen molar-refractivity contribution in [2.75, 3.05) is 7.11 Å². The second-order valence-electron chi connectivity index (χ2n) is 3.49. The first-order valence-corrected chi connectivity index (χ1v) is 5.28. The van der Waals surface area contributed by atoms with E-state index in [9.17, 15) is 4.79 Å². The maximum atomic E-state index is 11.5. The summed E-state index contributed by atoms with van der Waals surface area (Å²) >= 11 is 0. The van der Waals surface area contributed by atoms with Gasteiger partial charge in [-0.25, -0.2) is 4.98 Å². The first-order valence-electron chi connectivity index (χ1n) is 5.28. The number of carbonyl (C=O) groups is 1. The maximum absolute atomic E-state index is 11.5. The zero-order valence-corrected chi connectivity index (χ0v) is 9.32. The normalized spacial score (nSPS) is 10.0. The molecule has 0 aliphatic rings. The molecule has 0 saturated heterocycles. The third kappa shape index (κ3) is 4.11. The number of hydrogen-bond acceptors (Lipinski definition) is 3. The summed E-state index contributed by atoms with van der Waals surface area (Å²) in [5.41, 5.74) is 0.787. The minimum absolute atomic E-state index is 0.248. The van der Waals surface area contributed by atoms with Crippen molar-refractivity contribution >= 4 is 5.78 Å². The standard InChI is InChI=1S/C12H17NO2/c1-3-4-7-11(14)9-10-6-5-8-12(13-10)15-2/h5-6,8H,3-4,7,9H2,1-2H3. The van der Waals surface area contributed by atoms with Gasteiger partial charge in [0.25, 0.3) is 0 Å². The van der Waals surface area contributed by atoms with Gasteiger partial charge in [-0.3, -0.25) is 4.79 Å². The average Bonchev–Trinajstić information content (AvgIpc) is 2.26. The van der Waals surface area contributed by atoms with Crippen LogP contribution in [0.15, 0.2) is 18.2 Å². The lowest BCUT2D eigenvalue weighted by Gasteiger charge is -2.02. The van der Waals surface area contributed by atoms with Crippen LogP contribution in [-0.2, 0) is 11.2 Å². The van der Waals surface area contributed by atoms with Gasteiger partial charge >= 0.3 is 0 Å². The van der Waals surface area contributed by atoms with Gasteiger partial charge in [0.1, 0.15) is 5.78 Å². The maximum Gasteiger partial charge on any atom is 0.213 e. The third-order valence-electron chi connectivity index (χ3n) is 2.18. The molecule has 3 heteroatoms. The molecule has 0 fully saturated rings. The Morgan fingerprint density at radius 2 is 2.27 bits per heavy atom. The molecule has 3 nitrogen and oxygen atoms in total. The van der Waals surface area contributed by atoms with E-state index >= 15 is 0 Å². The molecular weight excluding hydrogens is 190 g/mol. The number of ketones is 1. The largest absolute Gasteiger partial charge is 0.481 e. The molecule has 1 aromatic rings. The molecule has 15 heavy (non-hydrogen) atoms. The summed E-state index contributed by atoms with van der Waals surface area (Å²) in [6, 6.07) is 5.49. The van der Waals surface area contributed by atoms with Crippen LogP contribution in [0.25, 0.3) is 0 Å². The van der Waals surface area contributed by atoms with Crippen LogP contribution < -0.4 is 4.74 Å². The number of methoxy groups -OCH3 is 1. The summed E-state index contributed by atoms with van der Waals surface area (Å²) in [5, 5.41) is 0. The highest BCUT2D eigenvalue weighted by Crippen LogP contribution is 2.08. The van der Waals surface area contributed by atoms with E-state index in [4.69, 9.17) is 4.74 Å². The molecule has 82 valence electrons. The van der Waals surface area contributed by atoms with E-state index in [2.05, 4.69) is 11.9 Å². The highest BCUT2D eigenvalue weighted by molar-refractivity contribution is 5.80. The first-order chi connectivity index (χ1) is 7.26. The van der Waals surface area contributed by atoms with E-state index in [1.165, 1.54) is 0 Å². The lowest BCUT2D eigenvalue weighted by atomic mass is 10.1. The van der Waals surface area contributed by atoms with Crippen LogP contribution >= 0.6 is 0 Å². The van der Waals surface area contributed by atoms with E-state index in [1.54, 1.807) is 13.2 Å². The molecule has 0 aliphatic carbocycles. The van der Waals surface area contributed by atoms with Crippen molar-refractivity contribution in [2.24, 2.45) is 0 Å². The SMILES string of the molecule is CCCCC(=O)Cc1cccc(OC)n1. The fourth-order valence-electron chi connectivity index (χ4n) is 1.33. The lowest BCUT2D eigenvalue weighted by Crippen LogP contribution is -2.04. The summed E-state index contributed by atoms with van der Waals surface area (Å²) in [4.78, 5) is 15.7. The number of aromatic nitrogens is 1. The van der Waals surface area contributed by atoms with Crippen LogP contribution in [0.2, 0.25) is 0 Å². The lowest BCUT2D eigenvalue weighted by molar-refractivity contribution is -0.118. The molecule has 0 unspecified atom stereocenters. The smallest absolute Gasteiger partial charge is 0.213 e. The van der Waals surface area contributed by atoms with Crippen molar-refractivity contribution in [3.63, 3.8) is 0 Å². The van der Waals surface area contributed by atoms with Gasteiger partial charge in [-0.15, -0.1) is 0 Å². The highest BCUT2D eigenvalue weighted by Gasteiger charge is 2.04. The molecule has 0 aromatic carbocycles. The minimum Gasteiger partial charge on any atom is -0.481 e. The van der Waals surface area contributed by atoms with Crippen molar-refractivity contribution in [3.8, 4) is 5.88 Å². The quantitative estimate of drug-likeness (QED) is 0.719. The van der Waals surface area contributed by atoms with E-state index in [1.807, 2.05) is 12.1 Å². The number of rotatable bonds is 6. The summed E-state index contributed by atoms with van der Waals surface area (Å²) in [5.74, 6) is 0.813. The molecule has 0 saturated carbocycles. The average molecular weight is 207 g/mol. The van der Waals surface area contributed by atoms with Crippen LogP contribution in [0.5, 0.6) is 5.88 Å². The Bertz CT molecular complexity index is 323. The third-order valence-corrected chi connectivity index (χ3v) is 2.18. The number of nitrogens with zero attached hydrogens (tertiary/aromatic N) is 1. The Morgan fingerprint density at radius 3 is 2.93 bits per heavy atom. The Labute approximate surface area is 90.5 Å². The van der Waals surface area contributed by atoms with Gasteiger partial charge in [0.2, 0.25) is 5.88 Å². The van der Waals surface area contributed by atoms with Crippen LogP contribution in [0.4, 0.5) is 0 Å². The number of carbonyl (C=O) groups excluding carboxylic acids is 1. The number of Topliss-reactive ketones (excluding diaryl/α,β-unsaturated/α-hetero) is 1. The Kier molecular flexibility index (Phi) is 4.81.